The predicted octanol–water partition coefficient (Wildman–Crippen LogP) is 4.68. The molecule has 0 aromatic heterocycles. The first-order valence-electron chi connectivity index (χ1n) is 7.93. The fraction of sp³-hybridized carbons (Fsp3) is 0.100. The molecule has 0 spiro atoms. The number of nitrogens with one attached hydrogen (secondary N) is 1. The number of nitrogens with zero attached hydrogens (tertiary/aromatic N) is 1. The van der Waals surface area contributed by atoms with Crippen LogP contribution in [0, 0.1) is 6.92 Å². The fourth-order valence-corrected chi connectivity index (χ4v) is 3.30. The van der Waals surface area contributed by atoms with Crippen LogP contribution in [-0.4, -0.2) is 23.3 Å². The zero-order valence-corrected chi connectivity index (χ0v) is 15.6. The fourth-order valence-electron chi connectivity index (χ4n) is 2.80. The van der Waals surface area contributed by atoms with Crippen molar-refractivity contribution in [1.82, 2.24) is 4.90 Å². The average Bonchev–Trinajstić information content (AvgIpc) is 2.80. The third-order valence-electron chi connectivity index (χ3n) is 3.97. The van der Waals surface area contributed by atoms with Crippen LogP contribution in [0.2, 0.25) is 10.0 Å². The van der Waals surface area contributed by atoms with Gasteiger partial charge in [-0.1, -0.05) is 47.5 Å². The Bertz CT molecular complexity index is 951. The van der Waals surface area contributed by atoms with Crippen molar-refractivity contribution in [1.29, 1.82) is 0 Å². The van der Waals surface area contributed by atoms with E-state index in [0.717, 1.165) is 10.5 Å². The molecular formula is C20H16Cl2N2O2. The number of rotatable bonds is 5. The van der Waals surface area contributed by atoms with Gasteiger partial charge in [-0.25, -0.2) is 0 Å². The number of benzene rings is 2. The minimum absolute atomic E-state index is 0.116. The maximum Gasteiger partial charge on any atom is 0.278 e. The molecule has 4 nitrogen and oxygen atoms in total. The molecule has 0 bridgehead atoms. The highest BCUT2D eigenvalue weighted by Gasteiger charge is 2.39. The van der Waals surface area contributed by atoms with Crippen molar-refractivity contribution in [3.05, 3.63) is 82.0 Å². The van der Waals surface area contributed by atoms with E-state index in [4.69, 9.17) is 23.2 Å². The summed E-state index contributed by atoms with van der Waals surface area (Å²) in [4.78, 5) is 26.8. The van der Waals surface area contributed by atoms with E-state index >= 15 is 0 Å². The number of amides is 2. The molecule has 2 amide bonds. The van der Waals surface area contributed by atoms with Gasteiger partial charge < -0.3 is 5.32 Å². The second-order valence-corrected chi connectivity index (χ2v) is 6.72. The zero-order chi connectivity index (χ0) is 18.8. The van der Waals surface area contributed by atoms with Gasteiger partial charge in [-0.2, -0.15) is 0 Å². The minimum atomic E-state index is -0.422. The summed E-state index contributed by atoms with van der Waals surface area (Å²) < 4.78 is 0. The molecule has 3 rings (SSSR count). The van der Waals surface area contributed by atoms with Gasteiger partial charge in [-0.3, -0.25) is 14.5 Å². The van der Waals surface area contributed by atoms with E-state index in [1.54, 1.807) is 18.2 Å². The molecule has 0 saturated heterocycles. The summed E-state index contributed by atoms with van der Waals surface area (Å²) in [5.74, 6) is -0.841. The Morgan fingerprint density at radius 3 is 2.54 bits per heavy atom. The molecule has 0 unspecified atom stereocenters. The van der Waals surface area contributed by atoms with Crippen molar-refractivity contribution in [2.45, 2.75) is 6.92 Å². The van der Waals surface area contributed by atoms with E-state index in [0.29, 0.717) is 21.3 Å². The quantitative estimate of drug-likeness (QED) is 0.599. The molecule has 1 N–H and O–H groups in total. The summed E-state index contributed by atoms with van der Waals surface area (Å²) in [6.07, 6.45) is 1.51. The van der Waals surface area contributed by atoms with Gasteiger partial charge in [0.05, 0.1) is 10.6 Å². The highest BCUT2D eigenvalue weighted by Crippen LogP contribution is 2.35. The number of anilines is 1. The Morgan fingerprint density at radius 2 is 1.88 bits per heavy atom. The molecule has 6 heteroatoms. The van der Waals surface area contributed by atoms with E-state index in [-0.39, 0.29) is 17.8 Å². The molecule has 0 radical (unpaired) electrons. The number of hydrogen-bond acceptors (Lipinski definition) is 3. The largest absolute Gasteiger partial charge is 0.350 e. The molecule has 0 saturated carbocycles. The van der Waals surface area contributed by atoms with Gasteiger partial charge in [0, 0.05) is 22.8 Å². The van der Waals surface area contributed by atoms with E-state index < -0.39 is 11.8 Å². The predicted molar refractivity (Wildman–Crippen MR) is 105 cm³/mol. The van der Waals surface area contributed by atoms with Crippen molar-refractivity contribution in [2.75, 3.05) is 11.9 Å². The summed E-state index contributed by atoms with van der Waals surface area (Å²) >= 11 is 12.3. The van der Waals surface area contributed by atoms with Gasteiger partial charge in [0.25, 0.3) is 11.8 Å². The lowest BCUT2D eigenvalue weighted by molar-refractivity contribution is -0.136. The summed E-state index contributed by atoms with van der Waals surface area (Å²) in [7, 11) is 0. The minimum Gasteiger partial charge on any atom is -0.350 e. The van der Waals surface area contributed by atoms with Gasteiger partial charge in [0.2, 0.25) is 0 Å². The van der Waals surface area contributed by atoms with E-state index in [9.17, 15) is 9.59 Å². The Morgan fingerprint density at radius 1 is 1.12 bits per heavy atom. The normalized spacial score (nSPS) is 14.2. The highest BCUT2D eigenvalue weighted by atomic mass is 35.5. The van der Waals surface area contributed by atoms with Crippen molar-refractivity contribution in [3.63, 3.8) is 0 Å². The molecular weight excluding hydrogens is 371 g/mol. The number of aryl methyl sites for hydroxylation is 1. The molecule has 1 aliphatic rings. The number of carbonyl (C=O) groups is 2. The van der Waals surface area contributed by atoms with Crippen LogP contribution < -0.4 is 5.32 Å². The average molecular weight is 387 g/mol. The van der Waals surface area contributed by atoms with Gasteiger partial charge >= 0.3 is 0 Å². The molecule has 0 atom stereocenters. The lowest BCUT2D eigenvalue weighted by Crippen LogP contribution is -2.32. The van der Waals surface area contributed by atoms with Crippen LogP contribution in [0.3, 0.4) is 0 Å². The van der Waals surface area contributed by atoms with E-state index in [2.05, 4.69) is 11.9 Å². The highest BCUT2D eigenvalue weighted by molar-refractivity contribution is 6.41. The molecule has 1 heterocycles. The van der Waals surface area contributed by atoms with E-state index in [1.807, 2.05) is 31.2 Å². The van der Waals surface area contributed by atoms with Crippen LogP contribution >= 0.6 is 23.2 Å². The molecule has 1 aliphatic heterocycles. The summed E-state index contributed by atoms with van der Waals surface area (Å²) in [6, 6.07) is 12.4. The summed E-state index contributed by atoms with van der Waals surface area (Å²) in [5, 5.41) is 3.84. The van der Waals surface area contributed by atoms with Crippen molar-refractivity contribution >= 4 is 46.3 Å². The van der Waals surface area contributed by atoms with Crippen molar-refractivity contribution in [2.24, 2.45) is 0 Å². The van der Waals surface area contributed by atoms with Crippen LogP contribution in [0.15, 0.2) is 60.8 Å². The third-order valence-corrected chi connectivity index (χ3v) is 4.52. The van der Waals surface area contributed by atoms with Gasteiger partial charge in [0.15, 0.2) is 0 Å². The SMILES string of the molecule is C=CCN1C(=O)C(Nc2cccc(C)c2)=C(c2ccc(Cl)cc2Cl)C1=O. The van der Waals surface area contributed by atoms with E-state index in [1.165, 1.54) is 6.08 Å². The van der Waals surface area contributed by atoms with Gasteiger partial charge in [-0.15, -0.1) is 6.58 Å². The lowest BCUT2D eigenvalue weighted by atomic mass is 10.0. The van der Waals surface area contributed by atoms with Crippen LogP contribution in [0.1, 0.15) is 11.1 Å². The molecule has 2 aromatic carbocycles. The maximum atomic E-state index is 12.9. The monoisotopic (exact) mass is 386 g/mol. The molecule has 0 fully saturated rings. The first kappa shape index (κ1) is 18.2. The van der Waals surface area contributed by atoms with Gasteiger partial charge in [-0.05, 0) is 36.8 Å². The topological polar surface area (TPSA) is 49.4 Å². The second-order valence-electron chi connectivity index (χ2n) is 5.88. The number of carbonyl (C=O) groups excluding carboxylic acids is 2. The molecule has 2 aromatic rings. The summed E-state index contributed by atoms with van der Waals surface area (Å²) in [6.45, 7) is 5.68. The van der Waals surface area contributed by atoms with Crippen molar-refractivity contribution in [3.8, 4) is 0 Å². The van der Waals surface area contributed by atoms with Crippen LogP contribution in [0.5, 0.6) is 0 Å². The Balaban J connectivity index is 2.14. The van der Waals surface area contributed by atoms with Gasteiger partial charge in [0.1, 0.15) is 5.70 Å². The summed E-state index contributed by atoms with van der Waals surface area (Å²) in [5.41, 5.74) is 2.61. The van der Waals surface area contributed by atoms with Crippen LogP contribution in [0.25, 0.3) is 5.57 Å². The maximum absolute atomic E-state index is 12.9. The third kappa shape index (κ3) is 3.39. The molecule has 132 valence electrons. The zero-order valence-electron chi connectivity index (χ0n) is 14.1. The number of imide groups is 1. The Hall–Kier alpha value is -2.56. The first-order chi connectivity index (χ1) is 12.4. The Labute approximate surface area is 161 Å². The molecule has 26 heavy (non-hydrogen) atoms. The molecule has 0 aliphatic carbocycles. The van der Waals surface area contributed by atoms with Crippen LogP contribution in [-0.2, 0) is 9.59 Å². The smallest absolute Gasteiger partial charge is 0.278 e. The van der Waals surface area contributed by atoms with Crippen LogP contribution in [0.4, 0.5) is 5.69 Å². The first-order valence-corrected chi connectivity index (χ1v) is 8.68. The standard InChI is InChI=1S/C20H16Cl2N2O2/c1-3-9-24-19(25)17(15-8-7-13(21)11-16(15)22)18(20(24)26)23-14-6-4-5-12(2)10-14/h3-8,10-11,23H,1,9H2,2H3. The lowest BCUT2D eigenvalue weighted by Gasteiger charge is -2.12. The number of halogens is 2. The Kier molecular flexibility index (Phi) is 5.16. The number of hydrogen-bond donors (Lipinski definition) is 1. The van der Waals surface area contributed by atoms with Crippen molar-refractivity contribution < 1.29 is 9.59 Å². The second kappa shape index (κ2) is 7.36.